The Hall–Kier alpha value is -2.70. The Morgan fingerprint density at radius 1 is 1.07 bits per heavy atom. The molecule has 0 bridgehead atoms. The van der Waals surface area contributed by atoms with Gasteiger partial charge < -0.3 is 0 Å². The van der Waals surface area contributed by atoms with Gasteiger partial charge in [0.2, 0.25) is 0 Å². The van der Waals surface area contributed by atoms with Crippen LogP contribution in [0.15, 0.2) is 30.6 Å². The van der Waals surface area contributed by atoms with Crippen LogP contribution in [-0.4, -0.2) is 19.7 Å². The third-order valence-electron chi connectivity index (χ3n) is 5.44. The van der Waals surface area contributed by atoms with Crippen LogP contribution < -0.4 is 0 Å². The first-order valence-corrected chi connectivity index (χ1v) is 9.02. The Morgan fingerprint density at radius 2 is 1.89 bits per heavy atom. The van der Waals surface area contributed by atoms with Gasteiger partial charge in [0.05, 0.1) is 5.69 Å². The topological polar surface area (TPSA) is 43.6 Å². The standard InChI is InChI=1S/C20H17F3N4/c1-11-25-26-19-5-2-12-7-16(17(21)8-18(12)27(11)19)13-6-15(10-24-9-13)20(22,23)14-3-4-14/h6-10,14H,2-5H2,1H3. The Balaban J connectivity index is 1.61. The zero-order valence-corrected chi connectivity index (χ0v) is 14.7. The van der Waals surface area contributed by atoms with Crippen molar-refractivity contribution in [3.8, 4) is 16.8 Å². The van der Waals surface area contributed by atoms with Gasteiger partial charge in [-0.15, -0.1) is 10.2 Å². The molecule has 1 saturated carbocycles. The number of aryl methyl sites for hydroxylation is 3. The molecule has 0 unspecified atom stereocenters. The molecule has 7 heteroatoms. The molecule has 3 heterocycles. The minimum atomic E-state index is -2.91. The third kappa shape index (κ3) is 2.56. The second-order valence-electron chi connectivity index (χ2n) is 7.32. The van der Waals surface area contributed by atoms with Crippen LogP contribution in [0, 0.1) is 18.7 Å². The van der Waals surface area contributed by atoms with Crippen LogP contribution in [-0.2, 0) is 18.8 Å². The molecule has 4 nitrogen and oxygen atoms in total. The first-order valence-electron chi connectivity index (χ1n) is 9.02. The summed E-state index contributed by atoms with van der Waals surface area (Å²) in [5.74, 6) is -2.51. The fourth-order valence-corrected chi connectivity index (χ4v) is 3.82. The number of fused-ring (bicyclic) bond motifs is 3. The quantitative estimate of drug-likeness (QED) is 0.687. The highest BCUT2D eigenvalue weighted by Crippen LogP contribution is 2.50. The SMILES string of the molecule is Cc1nnc2n1-c1cc(F)c(-c3cncc(C(F)(F)C4CC4)c3)cc1CC2. The molecule has 1 fully saturated rings. The van der Waals surface area contributed by atoms with E-state index in [0.717, 1.165) is 11.4 Å². The van der Waals surface area contributed by atoms with E-state index < -0.39 is 17.7 Å². The van der Waals surface area contributed by atoms with E-state index >= 15 is 0 Å². The van der Waals surface area contributed by atoms with Gasteiger partial charge in [-0.1, -0.05) is 0 Å². The summed E-state index contributed by atoms with van der Waals surface area (Å²) in [5.41, 5.74) is 2.19. The largest absolute Gasteiger partial charge is 0.283 e. The number of hydrogen-bond acceptors (Lipinski definition) is 3. The van der Waals surface area contributed by atoms with Crippen molar-refractivity contribution in [1.29, 1.82) is 0 Å². The highest BCUT2D eigenvalue weighted by atomic mass is 19.3. The third-order valence-corrected chi connectivity index (χ3v) is 5.44. The molecule has 0 spiro atoms. The summed E-state index contributed by atoms with van der Waals surface area (Å²) in [6.07, 6.45) is 5.07. The lowest BCUT2D eigenvalue weighted by atomic mass is 9.95. The van der Waals surface area contributed by atoms with Crippen molar-refractivity contribution in [3.63, 3.8) is 0 Å². The molecule has 5 rings (SSSR count). The normalized spacial score (nSPS) is 16.1. The number of alkyl halides is 2. The first-order chi connectivity index (χ1) is 12.9. The Kier molecular flexibility index (Phi) is 3.44. The smallest absolute Gasteiger partial charge is 0.277 e. The number of aromatic nitrogens is 4. The van der Waals surface area contributed by atoms with Crippen LogP contribution in [0.2, 0.25) is 0 Å². The lowest BCUT2D eigenvalue weighted by molar-refractivity contribution is -0.0288. The van der Waals surface area contributed by atoms with Gasteiger partial charge in [0.15, 0.2) is 0 Å². The Morgan fingerprint density at radius 3 is 2.67 bits per heavy atom. The summed E-state index contributed by atoms with van der Waals surface area (Å²) in [7, 11) is 0. The van der Waals surface area contributed by atoms with Crippen LogP contribution in [0.3, 0.4) is 0 Å². The zero-order chi connectivity index (χ0) is 18.8. The van der Waals surface area contributed by atoms with E-state index in [-0.39, 0.29) is 5.56 Å². The Bertz CT molecular complexity index is 1050. The van der Waals surface area contributed by atoms with Gasteiger partial charge in [0.1, 0.15) is 17.5 Å². The molecule has 0 atom stereocenters. The van der Waals surface area contributed by atoms with Crippen molar-refractivity contribution in [1.82, 2.24) is 19.7 Å². The molecule has 1 aromatic carbocycles. The molecular formula is C20H17F3N4. The average Bonchev–Trinajstić information content (AvgIpc) is 3.45. The molecule has 3 aromatic rings. The van der Waals surface area contributed by atoms with E-state index in [9.17, 15) is 13.2 Å². The Labute approximate surface area is 154 Å². The summed E-state index contributed by atoms with van der Waals surface area (Å²) in [5, 5.41) is 8.19. The molecule has 1 aliphatic carbocycles. The average molecular weight is 370 g/mol. The van der Waals surface area contributed by atoms with E-state index in [0.29, 0.717) is 48.3 Å². The number of hydrogen-bond donors (Lipinski definition) is 0. The van der Waals surface area contributed by atoms with Gasteiger partial charge in [-0.2, -0.15) is 0 Å². The fraction of sp³-hybridized carbons (Fsp3) is 0.350. The van der Waals surface area contributed by atoms with Crippen molar-refractivity contribution in [2.24, 2.45) is 5.92 Å². The number of benzene rings is 1. The predicted octanol–water partition coefficient (Wildman–Crippen LogP) is 4.38. The molecule has 138 valence electrons. The molecule has 1 aliphatic heterocycles. The van der Waals surface area contributed by atoms with E-state index in [1.807, 2.05) is 11.5 Å². The van der Waals surface area contributed by atoms with Gasteiger partial charge in [0, 0.05) is 41.4 Å². The van der Waals surface area contributed by atoms with Crippen molar-refractivity contribution in [2.75, 3.05) is 0 Å². The van der Waals surface area contributed by atoms with Crippen LogP contribution in [0.25, 0.3) is 16.8 Å². The van der Waals surface area contributed by atoms with E-state index in [4.69, 9.17) is 0 Å². The minimum Gasteiger partial charge on any atom is -0.283 e. The van der Waals surface area contributed by atoms with Crippen LogP contribution >= 0.6 is 0 Å². The van der Waals surface area contributed by atoms with Crippen molar-refractivity contribution in [3.05, 3.63) is 59.2 Å². The van der Waals surface area contributed by atoms with Crippen LogP contribution in [0.5, 0.6) is 0 Å². The maximum atomic E-state index is 14.9. The second-order valence-corrected chi connectivity index (χ2v) is 7.32. The molecular weight excluding hydrogens is 353 g/mol. The number of pyridine rings is 1. The highest BCUT2D eigenvalue weighted by Gasteiger charge is 2.48. The minimum absolute atomic E-state index is 0.142. The summed E-state index contributed by atoms with van der Waals surface area (Å²) in [6, 6.07) is 4.55. The van der Waals surface area contributed by atoms with Crippen LogP contribution in [0.1, 0.15) is 35.6 Å². The summed E-state index contributed by atoms with van der Waals surface area (Å²) in [4.78, 5) is 3.96. The van der Waals surface area contributed by atoms with E-state index in [1.54, 1.807) is 6.07 Å². The second kappa shape index (κ2) is 5.65. The van der Waals surface area contributed by atoms with Crippen molar-refractivity contribution in [2.45, 2.75) is 38.5 Å². The highest BCUT2D eigenvalue weighted by molar-refractivity contribution is 5.68. The van der Waals surface area contributed by atoms with Gasteiger partial charge in [0.25, 0.3) is 5.92 Å². The zero-order valence-electron chi connectivity index (χ0n) is 14.7. The molecule has 2 aliphatic rings. The maximum Gasteiger partial charge on any atom is 0.277 e. The van der Waals surface area contributed by atoms with Crippen molar-refractivity contribution >= 4 is 0 Å². The van der Waals surface area contributed by atoms with E-state index in [2.05, 4.69) is 15.2 Å². The van der Waals surface area contributed by atoms with Gasteiger partial charge in [-0.25, -0.2) is 13.2 Å². The molecule has 0 N–H and O–H groups in total. The summed E-state index contributed by atoms with van der Waals surface area (Å²) >= 11 is 0. The van der Waals surface area contributed by atoms with Gasteiger partial charge in [-0.3, -0.25) is 9.55 Å². The molecule has 0 saturated heterocycles. The maximum absolute atomic E-state index is 14.9. The first kappa shape index (κ1) is 16.5. The molecule has 27 heavy (non-hydrogen) atoms. The summed E-state index contributed by atoms with van der Waals surface area (Å²) in [6.45, 7) is 1.82. The summed E-state index contributed by atoms with van der Waals surface area (Å²) < 4.78 is 45.6. The molecule has 0 amide bonds. The van der Waals surface area contributed by atoms with E-state index in [1.165, 1.54) is 24.5 Å². The number of halogens is 3. The lowest BCUT2D eigenvalue weighted by Gasteiger charge is -2.21. The molecule has 2 aromatic heterocycles. The molecule has 0 radical (unpaired) electrons. The number of nitrogens with zero attached hydrogens (tertiary/aromatic N) is 4. The predicted molar refractivity (Wildman–Crippen MR) is 93.3 cm³/mol. The number of rotatable bonds is 3. The van der Waals surface area contributed by atoms with Crippen LogP contribution in [0.4, 0.5) is 13.2 Å². The fourth-order valence-electron chi connectivity index (χ4n) is 3.82. The van der Waals surface area contributed by atoms with Gasteiger partial charge >= 0.3 is 0 Å². The van der Waals surface area contributed by atoms with Gasteiger partial charge in [-0.05, 0) is 49.9 Å². The monoisotopic (exact) mass is 370 g/mol. The van der Waals surface area contributed by atoms with Crippen molar-refractivity contribution < 1.29 is 13.2 Å². The lowest BCUT2D eigenvalue weighted by Crippen LogP contribution is -2.16.